The molecule has 642 valence electrons. The van der Waals surface area contributed by atoms with Crippen molar-refractivity contribution in [2.75, 3.05) is 39.6 Å². The van der Waals surface area contributed by atoms with E-state index < -0.39 is 97.5 Å². The van der Waals surface area contributed by atoms with Crippen LogP contribution >= 0.6 is 15.6 Å². The largest absolute Gasteiger partial charge is 0.472 e. The molecule has 0 spiro atoms. The van der Waals surface area contributed by atoms with Gasteiger partial charge in [0.15, 0.2) is 12.2 Å². The maximum absolute atomic E-state index is 13.2. The van der Waals surface area contributed by atoms with Crippen LogP contribution in [0.4, 0.5) is 0 Å². The van der Waals surface area contributed by atoms with E-state index in [0.717, 1.165) is 103 Å². The topological polar surface area (TPSA) is 237 Å². The predicted molar refractivity (Wildman–Crippen MR) is 446 cm³/mol. The van der Waals surface area contributed by atoms with E-state index in [1.807, 2.05) is 0 Å². The smallest absolute Gasteiger partial charge is 0.462 e. The molecule has 0 radical (unpaired) electrons. The molecule has 0 rings (SSSR count). The molecule has 0 aliphatic heterocycles. The van der Waals surface area contributed by atoms with Gasteiger partial charge in [0.2, 0.25) is 0 Å². The third-order valence-electron chi connectivity index (χ3n) is 21.1. The number of rotatable bonds is 90. The van der Waals surface area contributed by atoms with Crippen LogP contribution < -0.4 is 0 Å². The zero-order valence-corrected chi connectivity index (χ0v) is 72.6. The van der Waals surface area contributed by atoms with Crippen LogP contribution in [0.5, 0.6) is 0 Å². The van der Waals surface area contributed by atoms with Gasteiger partial charge in [-0.15, -0.1) is 0 Å². The third-order valence-corrected chi connectivity index (χ3v) is 23.0. The van der Waals surface area contributed by atoms with Gasteiger partial charge in [0.1, 0.15) is 19.3 Å². The highest BCUT2D eigenvalue weighted by molar-refractivity contribution is 7.47. The number of carbonyl (C=O) groups is 4. The number of unbranched alkanes of at least 4 members (excludes halogenated alkanes) is 64. The van der Waals surface area contributed by atoms with E-state index in [9.17, 15) is 43.2 Å². The van der Waals surface area contributed by atoms with Crippen LogP contribution in [0.15, 0.2) is 0 Å². The van der Waals surface area contributed by atoms with Gasteiger partial charge in [0.05, 0.1) is 26.4 Å². The van der Waals surface area contributed by atoms with E-state index in [1.165, 1.54) is 308 Å². The summed E-state index contributed by atoms with van der Waals surface area (Å²) >= 11 is 0. The van der Waals surface area contributed by atoms with Crippen molar-refractivity contribution in [2.24, 2.45) is 0 Å². The van der Waals surface area contributed by atoms with Gasteiger partial charge < -0.3 is 33.8 Å². The highest BCUT2D eigenvalue weighted by Crippen LogP contribution is 2.45. The van der Waals surface area contributed by atoms with Crippen molar-refractivity contribution in [1.82, 2.24) is 0 Å². The van der Waals surface area contributed by atoms with Gasteiger partial charge in [-0.2, -0.15) is 0 Å². The van der Waals surface area contributed by atoms with Gasteiger partial charge in [-0.1, -0.05) is 439 Å². The highest BCUT2D eigenvalue weighted by atomic mass is 31.2. The summed E-state index contributed by atoms with van der Waals surface area (Å²) < 4.78 is 68.8. The summed E-state index contributed by atoms with van der Waals surface area (Å²) in [6.45, 7) is 5.02. The first-order chi connectivity index (χ1) is 52.7. The maximum atomic E-state index is 13.2. The Morgan fingerprint density at radius 1 is 0.222 bits per heavy atom. The number of aliphatic hydroxyl groups excluding tert-OH is 1. The molecule has 0 heterocycles. The third kappa shape index (κ3) is 82.1. The van der Waals surface area contributed by atoms with E-state index in [-0.39, 0.29) is 25.7 Å². The maximum Gasteiger partial charge on any atom is 0.472 e. The standard InChI is InChI=1S/C89H174O17P2/c1-5-9-13-17-21-24-27-30-33-36-38-40-42-44-47-49-52-55-58-62-66-70-74-87(92)100-80-85(106-89(94)76-72-68-64-60-57-54-51-48-45-43-41-39-37-34-31-28-25-22-18-14-10-6-2)82-104-108(97,98)102-78-83(90)77-101-107(95,96)103-81-84(79-99-86(91)73-69-65-61-20-16-12-8-4)105-88(93)75-71-67-63-59-56-53-50-46-35-32-29-26-23-19-15-11-7-3/h83-85,90H,5-82H2,1-4H3,(H,95,96)(H,97,98)/t83-,84+,85+/m0/s1. The Morgan fingerprint density at radius 2 is 0.370 bits per heavy atom. The molecule has 17 nitrogen and oxygen atoms in total. The Hall–Kier alpha value is -1.94. The number of ether oxygens (including phenoxy) is 4. The van der Waals surface area contributed by atoms with E-state index in [1.54, 1.807) is 0 Å². The van der Waals surface area contributed by atoms with Gasteiger partial charge in [0.25, 0.3) is 0 Å². The molecule has 0 saturated heterocycles. The predicted octanol–water partition coefficient (Wildman–Crippen LogP) is 27.7. The molecule has 0 saturated carbocycles. The first-order valence-electron chi connectivity index (χ1n) is 46.3. The molecule has 108 heavy (non-hydrogen) atoms. The number of carbonyl (C=O) groups excluding carboxylic acids is 4. The van der Waals surface area contributed by atoms with Crippen LogP contribution in [0.1, 0.15) is 490 Å². The summed E-state index contributed by atoms with van der Waals surface area (Å²) in [6.07, 6.45) is 79.6. The molecule has 0 aromatic carbocycles. The van der Waals surface area contributed by atoms with Crippen molar-refractivity contribution in [3.63, 3.8) is 0 Å². The minimum Gasteiger partial charge on any atom is -0.462 e. The van der Waals surface area contributed by atoms with Gasteiger partial charge >= 0.3 is 39.5 Å². The average Bonchev–Trinajstić information content (AvgIpc) is 0.900. The molecule has 0 aromatic rings. The Morgan fingerprint density at radius 3 is 0.546 bits per heavy atom. The van der Waals surface area contributed by atoms with Crippen molar-refractivity contribution in [1.29, 1.82) is 0 Å². The summed E-state index contributed by atoms with van der Waals surface area (Å²) in [5, 5.41) is 10.7. The second kappa shape index (κ2) is 83.0. The van der Waals surface area contributed by atoms with Gasteiger partial charge in [-0.05, 0) is 25.7 Å². The molecule has 2 unspecified atom stereocenters. The molecule has 0 aliphatic rings. The highest BCUT2D eigenvalue weighted by Gasteiger charge is 2.30. The summed E-state index contributed by atoms with van der Waals surface area (Å²) in [7, 11) is -9.92. The first kappa shape index (κ1) is 106. The summed E-state index contributed by atoms with van der Waals surface area (Å²) in [4.78, 5) is 73.1. The van der Waals surface area contributed by atoms with E-state index in [2.05, 4.69) is 27.7 Å². The molecule has 3 N–H and O–H groups in total. The Labute approximate surface area is 664 Å². The monoisotopic (exact) mass is 1580 g/mol. The second-order valence-electron chi connectivity index (χ2n) is 32.0. The normalized spacial score (nSPS) is 13.7. The van der Waals surface area contributed by atoms with Crippen LogP contribution in [-0.4, -0.2) is 96.7 Å². The lowest BCUT2D eigenvalue weighted by atomic mass is 10.0. The van der Waals surface area contributed by atoms with Crippen molar-refractivity contribution in [3.8, 4) is 0 Å². The summed E-state index contributed by atoms with van der Waals surface area (Å²) in [6, 6.07) is 0. The molecule has 0 fully saturated rings. The molecule has 19 heteroatoms. The molecule has 0 amide bonds. The van der Waals surface area contributed by atoms with Crippen LogP contribution in [0.25, 0.3) is 0 Å². The number of esters is 4. The molecule has 0 aliphatic carbocycles. The lowest BCUT2D eigenvalue weighted by Crippen LogP contribution is -2.30. The fourth-order valence-corrected chi connectivity index (χ4v) is 15.6. The van der Waals surface area contributed by atoms with Gasteiger partial charge in [-0.25, -0.2) is 9.13 Å². The minimum absolute atomic E-state index is 0.109. The van der Waals surface area contributed by atoms with Crippen molar-refractivity contribution in [2.45, 2.75) is 508 Å². The summed E-state index contributed by atoms with van der Waals surface area (Å²) in [5.41, 5.74) is 0. The molecule has 0 bridgehead atoms. The zero-order chi connectivity index (χ0) is 78.9. The van der Waals surface area contributed by atoms with Gasteiger partial charge in [-0.3, -0.25) is 37.3 Å². The average molecular weight is 1580 g/mol. The van der Waals surface area contributed by atoms with E-state index in [0.29, 0.717) is 25.7 Å². The lowest BCUT2D eigenvalue weighted by Gasteiger charge is -2.21. The number of phosphoric ester groups is 2. The summed E-state index contributed by atoms with van der Waals surface area (Å²) in [5.74, 6) is -2.10. The van der Waals surface area contributed by atoms with E-state index >= 15 is 0 Å². The van der Waals surface area contributed by atoms with Crippen LogP contribution in [0, 0.1) is 0 Å². The lowest BCUT2D eigenvalue weighted by molar-refractivity contribution is -0.161. The van der Waals surface area contributed by atoms with Crippen molar-refractivity contribution >= 4 is 39.5 Å². The van der Waals surface area contributed by atoms with Crippen LogP contribution in [0.2, 0.25) is 0 Å². The second-order valence-corrected chi connectivity index (χ2v) is 34.9. The Balaban J connectivity index is 5.14. The number of hydrogen-bond donors (Lipinski definition) is 3. The molecular weight excluding hydrogens is 1400 g/mol. The first-order valence-corrected chi connectivity index (χ1v) is 49.3. The van der Waals surface area contributed by atoms with Crippen LogP contribution in [0.3, 0.4) is 0 Å². The fourth-order valence-electron chi connectivity index (χ4n) is 14.1. The number of hydrogen-bond acceptors (Lipinski definition) is 15. The van der Waals surface area contributed by atoms with E-state index in [4.69, 9.17) is 37.0 Å². The molecular formula is C89H174O17P2. The Kier molecular flexibility index (Phi) is 81.5. The molecule has 5 atom stereocenters. The van der Waals surface area contributed by atoms with Gasteiger partial charge in [0, 0.05) is 25.7 Å². The number of aliphatic hydroxyl groups is 1. The minimum atomic E-state index is -4.97. The fraction of sp³-hybridized carbons (Fsp3) is 0.955. The Bertz CT molecular complexity index is 2030. The molecule has 0 aromatic heterocycles. The van der Waals surface area contributed by atoms with Crippen molar-refractivity contribution < 1.29 is 80.2 Å². The SMILES string of the molecule is CCCCCCCCCCCCCCCCCCCCCCCCC(=O)OC[C@H](COP(=O)(O)OC[C@@H](O)COP(=O)(O)OC[C@@H](COC(=O)CCCCCCCCC)OC(=O)CCCCCCCCCCCCCCCCCCC)OC(=O)CCCCCCCCCCCCCCCCCCCCCCCC. The van der Waals surface area contributed by atoms with Crippen LogP contribution in [-0.2, 0) is 65.4 Å². The number of phosphoric acid groups is 2. The quantitative estimate of drug-likeness (QED) is 0.0222. The van der Waals surface area contributed by atoms with Crippen molar-refractivity contribution in [3.05, 3.63) is 0 Å². The zero-order valence-electron chi connectivity index (χ0n) is 70.8.